The number of hydrogen-bond acceptors (Lipinski definition) is 5. The summed E-state index contributed by atoms with van der Waals surface area (Å²) < 4.78 is 1.60. The van der Waals surface area contributed by atoms with Crippen molar-refractivity contribution in [3.63, 3.8) is 0 Å². The highest BCUT2D eigenvalue weighted by atomic mass is 32.1. The molecule has 0 aliphatic heterocycles. The standard InChI is InChI=1S/C14H20N4O2S/c1-8(2)5-11(14(19)20)7-18-13(15-16-17-18)12-6-9(3)10(4)21-12/h6,8,11H,5,7H2,1-4H3,(H,19,20). The first-order chi connectivity index (χ1) is 9.88. The van der Waals surface area contributed by atoms with E-state index < -0.39 is 11.9 Å². The predicted octanol–water partition coefficient (Wildman–Crippen LogP) is 2.77. The molecular weight excluding hydrogens is 288 g/mol. The van der Waals surface area contributed by atoms with E-state index in [0.29, 0.717) is 24.7 Å². The molecule has 2 heterocycles. The Morgan fingerprint density at radius 2 is 2.14 bits per heavy atom. The molecule has 114 valence electrons. The van der Waals surface area contributed by atoms with Gasteiger partial charge in [0.1, 0.15) is 0 Å². The molecule has 0 aromatic carbocycles. The van der Waals surface area contributed by atoms with E-state index in [4.69, 9.17) is 0 Å². The number of aromatic nitrogens is 4. The van der Waals surface area contributed by atoms with Crippen molar-refractivity contribution in [2.24, 2.45) is 11.8 Å². The SMILES string of the molecule is Cc1cc(-c2nnnn2CC(CC(C)C)C(=O)O)sc1C. The Morgan fingerprint density at radius 1 is 1.43 bits per heavy atom. The van der Waals surface area contributed by atoms with Gasteiger partial charge in [0.15, 0.2) is 5.82 Å². The first kappa shape index (κ1) is 15.6. The third-order valence-corrected chi connectivity index (χ3v) is 4.57. The van der Waals surface area contributed by atoms with Crippen LogP contribution in [0.25, 0.3) is 10.7 Å². The van der Waals surface area contributed by atoms with Crippen molar-refractivity contribution < 1.29 is 9.90 Å². The number of carbonyl (C=O) groups is 1. The van der Waals surface area contributed by atoms with E-state index in [2.05, 4.69) is 22.4 Å². The lowest BCUT2D eigenvalue weighted by Crippen LogP contribution is -2.23. The molecule has 0 radical (unpaired) electrons. The Labute approximate surface area is 127 Å². The maximum atomic E-state index is 11.4. The van der Waals surface area contributed by atoms with Crippen molar-refractivity contribution in [3.05, 3.63) is 16.5 Å². The Kier molecular flexibility index (Phi) is 4.72. The summed E-state index contributed by atoms with van der Waals surface area (Å²) in [5.74, 6) is -0.318. The number of aliphatic carboxylic acids is 1. The summed E-state index contributed by atoms with van der Waals surface area (Å²) >= 11 is 1.62. The maximum absolute atomic E-state index is 11.4. The summed E-state index contributed by atoms with van der Waals surface area (Å²) in [5, 5.41) is 21.1. The minimum Gasteiger partial charge on any atom is -0.481 e. The first-order valence-electron chi connectivity index (χ1n) is 6.94. The number of carboxylic acid groups (broad SMARTS) is 1. The molecule has 0 fully saturated rings. The maximum Gasteiger partial charge on any atom is 0.308 e. The van der Waals surface area contributed by atoms with Crippen LogP contribution in [0.5, 0.6) is 0 Å². The van der Waals surface area contributed by atoms with Gasteiger partial charge in [0, 0.05) is 4.88 Å². The number of hydrogen-bond donors (Lipinski definition) is 1. The van der Waals surface area contributed by atoms with Crippen LogP contribution in [0.3, 0.4) is 0 Å². The van der Waals surface area contributed by atoms with Gasteiger partial charge in [-0.15, -0.1) is 16.4 Å². The summed E-state index contributed by atoms with van der Waals surface area (Å²) in [7, 11) is 0. The molecule has 0 bridgehead atoms. The number of thiophene rings is 1. The molecule has 0 aliphatic rings. The van der Waals surface area contributed by atoms with E-state index in [-0.39, 0.29) is 0 Å². The fraction of sp³-hybridized carbons (Fsp3) is 0.571. The van der Waals surface area contributed by atoms with Crippen LogP contribution in [0.1, 0.15) is 30.7 Å². The average molecular weight is 308 g/mol. The van der Waals surface area contributed by atoms with Gasteiger partial charge in [-0.25, -0.2) is 4.68 Å². The number of nitrogens with zero attached hydrogens (tertiary/aromatic N) is 4. The largest absolute Gasteiger partial charge is 0.481 e. The van der Waals surface area contributed by atoms with Crippen LogP contribution >= 0.6 is 11.3 Å². The Hall–Kier alpha value is -1.76. The lowest BCUT2D eigenvalue weighted by atomic mass is 9.97. The van der Waals surface area contributed by atoms with Crippen LogP contribution in [-0.2, 0) is 11.3 Å². The zero-order valence-electron chi connectivity index (χ0n) is 12.7. The van der Waals surface area contributed by atoms with E-state index in [1.807, 2.05) is 26.8 Å². The normalized spacial score (nSPS) is 12.8. The molecule has 6 nitrogen and oxygen atoms in total. The first-order valence-corrected chi connectivity index (χ1v) is 7.76. The van der Waals surface area contributed by atoms with Gasteiger partial charge >= 0.3 is 5.97 Å². The highest BCUT2D eigenvalue weighted by Crippen LogP contribution is 2.29. The molecule has 0 amide bonds. The molecular formula is C14H20N4O2S. The molecule has 0 spiro atoms. The van der Waals surface area contributed by atoms with E-state index in [1.165, 1.54) is 10.4 Å². The van der Waals surface area contributed by atoms with Crippen LogP contribution in [0.2, 0.25) is 0 Å². The Morgan fingerprint density at radius 3 is 2.67 bits per heavy atom. The summed E-state index contributed by atoms with van der Waals surface area (Å²) in [4.78, 5) is 13.6. The molecule has 21 heavy (non-hydrogen) atoms. The number of tetrazole rings is 1. The lowest BCUT2D eigenvalue weighted by Gasteiger charge is -2.14. The summed E-state index contributed by atoms with van der Waals surface area (Å²) in [6.45, 7) is 8.43. The molecule has 0 aliphatic carbocycles. The Bertz CT molecular complexity index is 613. The predicted molar refractivity (Wildman–Crippen MR) is 81.2 cm³/mol. The second kappa shape index (κ2) is 6.34. The Balaban J connectivity index is 2.25. The van der Waals surface area contributed by atoms with Crippen LogP contribution in [-0.4, -0.2) is 31.3 Å². The number of rotatable bonds is 6. The minimum atomic E-state index is -0.802. The fourth-order valence-electron chi connectivity index (χ4n) is 2.22. The summed E-state index contributed by atoms with van der Waals surface area (Å²) in [6, 6.07) is 2.04. The van der Waals surface area contributed by atoms with Gasteiger partial charge in [-0.2, -0.15) is 0 Å². The van der Waals surface area contributed by atoms with Crippen molar-refractivity contribution in [1.82, 2.24) is 20.2 Å². The number of carboxylic acids is 1. The van der Waals surface area contributed by atoms with Crippen molar-refractivity contribution >= 4 is 17.3 Å². The van der Waals surface area contributed by atoms with E-state index >= 15 is 0 Å². The zero-order chi connectivity index (χ0) is 15.6. The van der Waals surface area contributed by atoms with Gasteiger partial charge in [-0.1, -0.05) is 13.8 Å². The average Bonchev–Trinajstić information content (AvgIpc) is 2.96. The summed E-state index contributed by atoms with van der Waals surface area (Å²) in [5.41, 5.74) is 1.20. The molecule has 0 saturated carbocycles. The van der Waals surface area contributed by atoms with Crippen molar-refractivity contribution in [3.8, 4) is 10.7 Å². The van der Waals surface area contributed by atoms with Crippen LogP contribution in [0.4, 0.5) is 0 Å². The minimum absolute atomic E-state index is 0.297. The van der Waals surface area contributed by atoms with Gasteiger partial charge in [0.2, 0.25) is 0 Å². The van der Waals surface area contributed by atoms with Crippen LogP contribution in [0, 0.1) is 25.7 Å². The topological polar surface area (TPSA) is 80.9 Å². The van der Waals surface area contributed by atoms with E-state index in [0.717, 1.165) is 4.88 Å². The quantitative estimate of drug-likeness (QED) is 0.887. The van der Waals surface area contributed by atoms with E-state index in [1.54, 1.807) is 16.0 Å². The molecule has 2 rings (SSSR count). The lowest BCUT2D eigenvalue weighted by molar-refractivity contribution is -0.142. The highest BCUT2D eigenvalue weighted by molar-refractivity contribution is 7.15. The van der Waals surface area contributed by atoms with Gasteiger partial charge in [-0.05, 0) is 48.2 Å². The second-order valence-corrected chi connectivity index (χ2v) is 6.96. The molecule has 1 unspecified atom stereocenters. The monoisotopic (exact) mass is 308 g/mol. The van der Waals surface area contributed by atoms with Gasteiger partial charge < -0.3 is 5.11 Å². The third-order valence-electron chi connectivity index (χ3n) is 3.42. The van der Waals surface area contributed by atoms with Crippen molar-refractivity contribution in [1.29, 1.82) is 0 Å². The van der Waals surface area contributed by atoms with Crippen LogP contribution in [0.15, 0.2) is 6.07 Å². The molecule has 1 atom stereocenters. The van der Waals surface area contributed by atoms with E-state index in [9.17, 15) is 9.90 Å². The molecule has 2 aromatic rings. The fourth-order valence-corrected chi connectivity index (χ4v) is 3.24. The highest BCUT2D eigenvalue weighted by Gasteiger charge is 2.22. The van der Waals surface area contributed by atoms with Crippen molar-refractivity contribution in [2.75, 3.05) is 0 Å². The summed E-state index contributed by atoms with van der Waals surface area (Å²) in [6.07, 6.45) is 0.608. The number of aryl methyl sites for hydroxylation is 2. The third kappa shape index (κ3) is 3.66. The van der Waals surface area contributed by atoms with Crippen molar-refractivity contribution in [2.45, 2.75) is 40.7 Å². The van der Waals surface area contributed by atoms with Gasteiger partial charge in [0.25, 0.3) is 0 Å². The second-order valence-electron chi connectivity index (χ2n) is 5.70. The van der Waals surface area contributed by atoms with Crippen LogP contribution < -0.4 is 0 Å². The molecule has 1 N–H and O–H groups in total. The zero-order valence-corrected chi connectivity index (χ0v) is 13.5. The smallest absolute Gasteiger partial charge is 0.308 e. The molecule has 0 saturated heterocycles. The molecule has 7 heteroatoms. The molecule has 2 aromatic heterocycles. The van der Waals surface area contributed by atoms with Gasteiger partial charge in [0.05, 0.1) is 17.3 Å². The van der Waals surface area contributed by atoms with Gasteiger partial charge in [-0.3, -0.25) is 4.79 Å².